The molecule has 0 bridgehead atoms. The number of carbonyl (C=O) groups is 1. The zero-order valence-electron chi connectivity index (χ0n) is 18.4. The first-order valence-electron chi connectivity index (χ1n) is 9.82. The fourth-order valence-electron chi connectivity index (χ4n) is 3.20. The minimum Gasteiger partial charge on any atom is -0.305 e. The van der Waals surface area contributed by atoms with Crippen molar-refractivity contribution in [1.29, 1.82) is 0 Å². The maximum Gasteiger partial charge on any atom is 0.330 e. The summed E-state index contributed by atoms with van der Waals surface area (Å²) in [5.74, 6) is -0.737. The van der Waals surface area contributed by atoms with Gasteiger partial charge in [-0.3, -0.25) is 14.8 Å². The van der Waals surface area contributed by atoms with E-state index in [4.69, 9.17) is 5.14 Å². The van der Waals surface area contributed by atoms with E-state index in [0.717, 1.165) is 18.3 Å². The minimum atomic E-state index is -3.67. The van der Waals surface area contributed by atoms with Crippen molar-refractivity contribution in [2.24, 2.45) is 5.14 Å². The van der Waals surface area contributed by atoms with Gasteiger partial charge in [0.2, 0.25) is 0 Å². The molecule has 0 fully saturated rings. The number of pyridine rings is 1. The average molecular weight is 438 g/mol. The SMILES string of the molecule is CC(C)c1ncc(F)c(C(C)C)c1NC(=O)N[SH](N)(=O)c1ccc(CN(C)C)cc1. The molecule has 0 aliphatic heterocycles. The molecule has 1 heterocycles. The summed E-state index contributed by atoms with van der Waals surface area (Å²) in [6, 6.07) is 6.15. The highest BCUT2D eigenvalue weighted by atomic mass is 32.3. The Labute approximate surface area is 178 Å². The fourth-order valence-corrected chi connectivity index (χ4v) is 4.27. The van der Waals surface area contributed by atoms with Gasteiger partial charge in [0.15, 0.2) is 0 Å². The summed E-state index contributed by atoms with van der Waals surface area (Å²) in [6.07, 6.45) is 1.16. The third-order valence-corrected chi connectivity index (χ3v) is 6.15. The summed E-state index contributed by atoms with van der Waals surface area (Å²) in [4.78, 5) is 19.1. The smallest absolute Gasteiger partial charge is 0.305 e. The summed E-state index contributed by atoms with van der Waals surface area (Å²) >= 11 is 0. The number of hydrogen-bond donors (Lipinski definition) is 4. The predicted octanol–water partition coefficient (Wildman–Crippen LogP) is 3.52. The monoisotopic (exact) mass is 437 g/mol. The largest absolute Gasteiger partial charge is 0.330 e. The predicted molar refractivity (Wildman–Crippen MR) is 120 cm³/mol. The molecule has 0 saturated heterocycles. The van der Waals surface area contributed by atoms with E-state index in [1.165, 1.54) is 0 Å². The van der Waals surface area contributed by atoms with E-state index in [-0.39, 0.29) is 11.8 Å². The normalized spacial score (nSPS) is 12.5. The van der Waals surface area contributed by atoms with Crippen LogP contribution in [0.15, 0.2) is 35.4 Å². The van der Waals surface area contributed by atoms with Crippen molar-refractivity contribution in [3.05, 3.63) is 53.1 Å². The van der Waals surface area contributed by atoms with Gasteiger partial charge >= 0.3 is 6.03 Å². The molecule has 9 heteroatoms. The molecule has 0 aliphatic carbocycles. The van der Waals surface area contributed by atoms with E-state index < -0.39 is 22.2 Å². The van der Waals surface area contributed by atoms with Crippen LogP contribution in [0.1, 0.15) is 56.4 Å². The van der Waals surface area contributed by atoms with Crippen molar-refractivity contribution in [3.8, 4) is 0 Å². The summed E-state index contributed by atoms with van der Waals surface area (Å²) in [7, 11) is 0.229. The lowest BCUT2D eigenvalue weighted by Gasteiger charge is -2.24. The number of anilines is 1. The van der Waals surface area contributed by atoms with Gasteiger partial charge in [-0.25, -0.2) is 13.4 Å². The summed E-state index contributed by atoms with van der Waals surface area (Å²) in [5, 5.41) is 8.59. The van der Waals surface area contributed by atoms with Crippen LogP contribution < -0.4 is 15.2 Å². The highest BCUT2D eigenvalue weighted by molar-refractivity contribution is 7.99. The highest BCUT2D eigenvalue weighted by Crippen LogP contribution is 2.32. The first kappa shape index (κ1) is 23.9. The topological polar surface area (TPSA) is 100 Å². The molecule has 0 atom stereocenters. The molecular formula is C21H32FN5O2S. The highest BCUT2D eigenvalue weighted by Gasteiger charge is 2.23. The van der Waals surface area contributed by atoms with Crippen LogP contribution in [0, 0.1) is 5.82 Å². The molecule has 30 heavy (non-hydrogen) atoms. The molecule has 0 unspecified atom stereocenters. The van der Waals surface area contributed by atoms with Crippen molar-refractivity contribution < 1.29 is 13.4 Å². The molecule has 0 aliphatic rings. The maximum atomic E-state index is 14.4. The number of nitrogens with zero attached hydrogens (tertiary/aromatic N) is 2. The molecule has 0 radical (unpaired) electrons. The van der Waals surface area contributed by atoms with Gasteiger partial charge in [-0.15, -0.1) is 0 Å². The van der Waals surface area contributed by atoms with Gasteiger partial charge in [0.1, 0.15) is 5.82 Å². The summed E-state index contributed by atoms with van der Waals surface area (Å²) in [6.45, 7) is 8.18. The molecular weight excluding hydrogens is 405 g/mol. The second kappa shape index (κ2) is 9.63. The Bertz CT molecular complexity index is 945. The van der Waals surface area contributed by atoms with Gasteiger partial charge < -0.3 is 10.2 Å². The number of thiol groups is 1. The lowest BCUT2D eigenvalue weighted by atomic mass is 9.96. The van der Waals surface area contributed by atoms with Gasteiger partial charge in [0.25, 0.3) is 0 Å². The van der Waals surface area contributed by atoms with Crippen molar-refractivity contribution in [2.75, 3.05) is 19.4 Å². The van der Waals surface area contributed by atoms with Gasteiger partial charge in [-0.2, -0.15) is 0 Å². The zero-order valence-corrected chi connectivity index (χ0v) is 19.3. The summed E-state index contributed by atoms with van der Waals surface area (Å²) in [5.41, 5.74) is 2.22. The molecule has 2 amide bonds. The van der Waals surface area contributed by atoms with Crippen LogP contribution in [0.25, 0.3) is 0 Å². The number of aromatic nitrogens is 1. The van der Waals surface area contributed by atoms with E-state index in [0.29, 0.717) is 21.8 Å². The average Bonchev–Trinajstić information content (AvgIpc) is 2.60. The second-order valence-corrected chi connectivity index (χ2v) is 10.3. The first-order valence-corrected chi connectivity index (χ1v) is 11.6. The molecule has 2 aromatic rings. The maximum absolute atomic E-state index is 14.4. The lowest BCUT2D eigenvalue weighted by Crippen LogP contribution is -2.45. The van der Waals surface area contributed by atoms with Gasteiger partial charge in [0.05, 0.1) is 17.6 Å². The van der Waals surface area contributed by atoms with Crippen molar-refractivity contribution in [1.82, 2.24) is 14.6 Å². The van der Waals surface area contributed by atoms with E-state index in [2.05, 4.69) is 15.0 Å². The number of nitrogens with one attached hydrogen (secondary N) is 2. The van der Waals surface area contributed by atoms with Crippen LogP contribution in [0.4, 0.5) is 14.9 Å². The Morgan fingerprint density at radius 1 is 1.17 bits per heavy atom. The fraction of sp³-hybridized carbons (Fsp3) is 0.429. The number of carbonyl (C=O) groups excluding carboxylic acids is 1. The van der Waals surface area contributed by atoms with Crippen LogP contribution in [-0.2, 0) is 16.8 Å². The van der Waals surface area contributed by atoms with Crippen molar-refractivity contribution in [2.45, 2.75) is 51.0 Å². The second-order valence-electron chi connectivity index (χ2n) is 8.22. The number of nitrogens with two attached hydrogens (primary N) is 1. The van der Waals surface area contributed by atoms with Gasteiger partial charge in [-0.05, 0) is 43.6 Å². The molecule has 1 aromatic heterocycles. The lowest BCUT2D eigenvalue weighted by molar-refractivity contribution is 0.256. The van der Waals surface area contributed by atoms with Gasteiger partial charge in [-0.1, -0.05) is 39.8 Å². The van der Waals surface area contributed by atoms with E-state index in [1.54, 1.807) is 12.1 Å². The Morgan fingerprint density at radius 2 is 1.77 bits per heavy atom. The number of urea groups is 1. The van der Waals surface area contributed by atoms with Crippen LogP contribution in [-0.4, -0.2) is 34.2 Å². The van der Waals surface area contributed by atoms with E-state index in [1.807, 2.05) is 58.8 Å². The molecule has 4 N–H and O–H groups in total. The molecule has 166 valence electrons. The molecule has 0 spiro atoms. The van der Waals surface area contributed by atoms with Crippen molar-refractivity contribution >= 4 is 22.0 Å². The summed E-state index contributed by atoms with van der Waals surface area (Å²) < 4.78 is 29.7. The third-order valence-electron chi connectivity index (χ3n) is 4.55. The van der Waals surface area contributed by atoms with Crippen molar-refractivity contribution in [3.63, 3.8) is 0 Å². The van der Waals surface area contributed by atoms with Crippen LogP contribution in [0.3, 0.4) is 0 Å². The quantitative estimate of drug-likeness (QED) is 0.498. The van der Waals surface area contributed by atoms with Gasteiger partial charge in [0, 0.05) is 27.3 Å². The Morgan fingerprint density at radius 3 is 2.27 bits per heavy atom. The Balaban J connectivity index is 2.26. The van der Waals surface area contributed by atoms with Crippen LogP contribution in [0.2, 0.25) is 0 Å². The van der Waals surface area contributed by atoms with Crippen LogP contribution in [0.5, 0.6) is 0 Å². The molecule has 7 nitrogen and oxygen atoms in total. The standard InChI is InChI=1S/C21H32FN5O2S/c1-13(2)18-17(22)11-24-19(14(3)4)20(18)25-21(28)26-30(23,29)16-9-7-15(8-10-16)12-27(5)6/h7-11,13-14,30H,12H2,1-6H3,(H4,23,25,26,28,29). The zero-order chi connectivity index (χ0) is 22.6. The van der Waals surface area contributed by atoms with E-state index >= 15 is 0 Å². The number of rotatable bonds is 7. The molecule has 2 rings (SSSR count). The van der Waals surface area contributed by atoms with E-state index in [9.17, 15) is 13.4 Å². The Kier molecular flexibility index (Phi) is 7.68. The number of hydrogen-bond acceptors (Lipinski definition) is 4. The number of halogens is 1. The minimum absolute atomic E-state index is 0.0488. The number of amides is 2. The third kappa shape index (κ3) is 5.84. The number of benzene rings is 1. The first-order chi connectivity index (χ1) is 13.9. The molecule has 1 aromatic carbocycles. The Hall–Kier alpha value is -2.36. The van der Waals surface area contributed by atoms with Crippen LogP contribution >= 0.6 is 0 Å². The molecule has 0 saturated carbocycles.